The summed E-state index contributed by atoms with van der Waals surface area (Å²) in [5, 5.41) is 10.8. The van der Waals surface area contributed by atoms with Gasteiger partial charge in [0.1, 0.15) is 0 Å². The molecule has 2 heterocycles. The van der Waals surface area contributed by atoms with Gasteiger partial charge in [-0.25, -0.2) is 0 Å². The van der Waals surface area contributed by atoms with E-state index in [0.29, 0.717) is 6.04 Å². The lowest BCUT2D eigenvalue weighted by atomic mass is 10.1. The summed E-state index contributed by atoms with van der Waals surface area (Å²) >= 11 is 0. The van der Waals surface area contributed by atoms with Gasteiger partial charge >= 0.3 is 0 Å². The second-order valence-electron chi connectivity index (χ2n) is 4.94. The fraction of sp³-hybridized carbons (Fsp3) is 0.467. The van der Waals surface area contributed by atoms with Gasteiger partial charge in [-0.15, -0.1) is 0 Å². The lowest BCUT2D eigenvalue weighted by molar-refractivity contribution is 0.495. The average molecular weight is 258 g/mol. The van der Waals surface area contributed by atoms with Gasteiger partial charge in [0.25, 0.3) is 0 Å². The zero-order chi connectivity index (χ0) is 13.5. The van der Waals surface area contributed by atoms with Crippen molar-refractivity contribution in [2.45, 2.75) is 45.7 Å². The van der Waals surface area contributed by atoms with E-state index >= 15 is 0 Å². The lowest BCUT2D eigenvalue weighted by Crippen LogP contribution is -2.25. The summed E-state index contributed by atoms with van der Waals surface area (Å²) in [6, 6.07) is 4.53. The Bertz CT molecular complexity index is 478. The zero-order valence-electron chi connectivity index (χ0n) is 11.7. The maximum absolute atomic E-state index is 4.15. The second kappa shape index (κ2) is 7.04. The predicted molar refractivity (Wildman–Crippen MR) is 77.6 cm³/mol. The van der Waals surface area contributed by atoms with Crippen LogP contribution in [0.15, 0.2) is 30.7 Å². The van der Waals surface area contributed by atoms with Crippen LogP contribution < -0.4 is 5.32 Å². The van der Waals surface area contributed by atoms with Gasteiger partial charge in [0.05, 0.1) is 11.9 Å². The molecule has 1 atom stereocenters. The molecule has 0 radical (unpaired) electrons. The SMILES string of the molecule is CCCCC(C)NCc1cn[nH]c1-c1cccnc1. The molecule has 0 spiro atoms. The maximum Gasteiger partial charge on any atom is 0.0710 e. The highest BCUT2D eigenvalue weighted by Gasteiger charge is 2.08. The van der Waals surface area contributed by atoms with Crippen molar-refractivity contribution in [1.82, 2.24) is 20.5 Å². The Kier molecular flexibility index (Phi) is 5.10. The third-order valence-corrected chi connectivity index (χ3v) is 3.30. The third-order valence-electron chi connectivity index (χ3n) is 3.30. The molecular formula is C15H22N4. The van der Waals surface area contributed by atoms with Crippen LogP contribution in [0.1, 0.15) is 38.7 Å². The molecule has 0 saturated heterocycles. The van der Waals surface area contributed by atoms with Crippen LogP contribution in [-0.2, 0) is 6.54 Å². The Morgan fingerprint density at radius 3 is 3.00 bits per heavy atom. The number of H-pyrrole nitrogens is 1. The van der Waals surface area contributed by atoms with Gasteiger partial charge in [-0.1, -0.05) is 19.8 Å². The van der Waals surface area contributed by atoms with E-state index in [9.17, 15) is 0 Å². The molecule has 2 aromatic rings. The van der Waals surface area contributed by atoms with Gasteiger partial charge in [0.2, 0.25) is 0 Å². The first-order chi connectivity index (χ1) is 9.31. The average Bonchev–Trinajstić information content (AvgIpc) is 2.92. The van der Waals surface area contributed by atoms with E-state index in [1.165, 1.54) is 24.8 Å². The Morgan fingerprint density at radius 1 is 1.37 bits per heavy atom. The fourth-order valence-electron chi connectivity index (χ4n) is 2.10. The number of rotatable bonds is 7. The number of aromatic nitrogens is 3. The minimum atomic E-state index is 0.539. The third kappa shape index (κ3) is 3.89. The van der Waals surface area contributed by atoms with Gasteiger partial charge in [0, 0.05) is 36.1 Å². The van der Waals surface area contributed by atoms with Crippen LogP contribution in [0.3, 0.4) is 0 Å². The molecule has 0 bridgehead atoms. The molecule has 4 heteroatoms. The number of nitrogens with one attached hydrogen (secondary N) is 2. The standard InChI is InChI=1S/C15H22N4/c1-3-4-6-12(2)17-10-14-11-18-19-15(14)13-7-5-8-16-9-13/h5,7-9,11-12,17H,3-4,6,10H2,1-2H3,(H,18,19). The monoisotopic (exact) mass is 258 g/mol. The molecule has 0 aliphatic carbocycles. The summed E-state index contributed by atoms with van der Waals surface area (Å²) in [6.45, 7) is 5.30. The first kappa shape index (κ1) is 13.7. The number of unbranched alkanes of at least 4 members (excludes halogenated alkanes) is 1. The topological polar surface area (TPSA) is 53.6 Å². The van der Waals surface area contributed by atoms with Crippen LogP contribution >= 0.6 is 0 Å². The van der Waals surface area contributed by atoms with Crippen molar-refractivity contribution in [3.05, 3.63) is 36.3 Å². The molecule has 0 aliphatic rings. The Hall–Kier alpha value is -1.68. The van der Waals surface area contributed by atoms with Crippen LogP contribution in [0, 0.1) is 0 Å². The van der Waals surface area contributed by atoms with Crippen LogP contribution in [-0.4, -0.2) is 21.2 Å². The normalized spacial score (nSPS) is 12.5. The van der Waals surface area contributed by atoms with E-state index in [-0.39, 0.29) is 0 Å². The van der Waals surface area contributed by atoms with Crippen LogP contribution in [0.2, 0.25) is 0 Å². The van der Waals surface area contributed by atoms with E-state index < -0.39 is 0 Å². The highest BCUT2D eigenvalue weighted by molar-refractivity contribution is 5.61. The predicted octanol–water partition coefficient (Wildman–Crippen LogP) is 3.14. The van der Waals surface area contributed by atoms with Crippen LogP contribution in [0.5, 0.6) is 0 Å². The van der Waals surface area contributed by atoms with Crippen LogP contribution in [0.25, 0.3) is 11.3 Å². The van der Waals surface area contributed by atoms with E-state index in [2.05, 4.69) is 34.3 Å². The minimum absolute atomic E-state index is 0.539. The highest BCUT2D eigenvalue weighted by Crippen LogP contribution is 2.19. The van der Waals surface area contributed by atoms with Crippen molar-refractivity contribution >= 4 is 0 Å². The van der Waals surface area contributed by atoms with Gasteiger partial charge in [-0.2, -0.15) is 5.10 Å². The largest absolute Gasteiger partial charge is 0.310 e. The molecule has 0 amide bonds. The first-order valence-electron chi connectivity index (χ1n) is 6.97. The summed E-state index contributed by atoms with van der Waals surface area (Å²) in [4.78, 5) is 4.15. The Labute approximate surface area is 114 Å². The summed E-state index contributed by atoms with van der Waals surface area (Å²) in [7, 11) is 0. The Morgan fingerprint density at radius 2 is 2.26 bits per heavy atom. The van der Waals surface area contributed by atoms with E-state index in [4.69, 9.17) is 0 Å². The lowest BCUT2D eigenvalue weighted by Gasteiger charge is -2.13. The Balaban J connectivity index is 1.97. The number of hydrogen-bond donors (Lipinski definition) is 2. The molecule has 0 saturated carbocycles. The van der Waals surface area contributed by atoms with Gasteiger partial charge in [-0.05, 0) is 25.5 Å². The van der Waals surface area contributed by atoms with Crippen molar-refractivity contribution in [1.29, 1.82) is 0 Å². The van der Waals surface area contributed by atoms with Crippen molar-refractivity contribution in [3.8, 4) is 11.3 Å². The van der Waals surface area contributed by atoms with E-state index in [1.807, 2.05) is 24.5 Å². The summed E-state index contributed by atoms with van der Waals surface area (Å²) in [6.07, 6.45) is 9.27. The maximum atomic E-state index is 4.15. The molecule has 2 N–H and O–H groups in total. The number of pyridine rings is 1. The number of nitrogens with zero attached hydrogens (tertiary/aromatic N) is 2. The van der Waals surface area contributed by atoms with Gasteiger partial charge < -0.3 is 5.32 Å². The van der Waals surface area contributed by atoms with Crippen molar-refractivity contribution in [3.63, 3.8) is 0 Å². The first-order valence-corrected chi connectivity index (χ1v) is 6.97. The number of aromatic amines is 1. The molecule has 4 nitrogen and oxygen atoms in total. The summed E-state index contributed by atoms with van der Waals surface area (Å²) < 4.78 is 0. The zero-order valence-corrected chi connectivity index (χ0v) is 11.7. The van der Waals surface area contributed by atoms with Crippen molar-refractivity contribution < 1.29 is 0 Å². The molecule has 0 aromatic carbocycles. The molecule has 0 fully saturated rings. The van der Waals surface area contributed by atoms with E-state index in [0.717, 1.165) is 17.8 Å². The molecular weight excluding hydrogens is 236 g/mol. The van der Waals surface area contributed by atoms with Gasteiger partial charge in [0.15, 0.2) is 0 Å². The molecule has 102 valence electrons. The molecule has 2 aromatic heterocycles. The van der Waals surface area contributed by atoms with Crippen LogP contribution in [0.4, 0.5) is 0 Å². The van der Waals surface area contributed by atoms with E-state index in [1.54, 1.807) is 6.20 Å². The molecule has 19 heavy (non-hydrogen) atoms. The number of hydrogen-bond acceptors (Lipinski definition) is 3. The minimum Gasteiger partial charge on any atom is -0.310 e. The quantitative estimate of drug-likeness (QED) is 0.802. The molecule has 0 aliphatic heterocycles. The van der Waals surface area contributed by atoms with Crippen molar-refractivity contribution in [2.24, 2.45) is 0 Å². The molecule has 2 rings (SSSR count). The summed E-state index contributed by atoms with van der Waals surface area (Å²) in [5.74, 6) is 0. The fourth-order valence-corrected chi connectivity index (χ4v) is 2.10. The smallest absolute Gasteiger partial charge is 0.0710 e. The molecule has 1 unspecified atom stereocenters. The highest BCUT2D eigenvalue weighted by atomic mass is 15.1. The second-order valence-corrected chi connectivity index (χ2v) is 4.94. The summed E-state index contributed by atoms with van der Waals surface area (Å²) in [5.41, 5.74) is 3.33. The van der Waals surface area contributed by atoms with Crippen molar-refractivity contribution in [2.75, 3.05) is 0 Å². The van der Waals surface area contributed by atoms with Gasteiger partial charge in [-0.3, -0.25) is 10.1 Å².